The molecule has 0 saturated carbocycles. The van der Waals surface area contributed by atoms with Crippen LogP contribution in [0.3, 0.4) is 0 Å². The molecule has 0 aromatic carbocycles. The van der Waals surface area contributed by atoms with Gasteiger partial charge in [-0.1, -0.05) is 39.8 Å². The monoisotopic (exact) mass is 332 g/mol. The summed E-state index contributed by atoms with van der Waals surface area (Å²) in [5.74, 6) is -0.0159. The van der Waals surface area contributed by atoms with Crippen molar-refractivity contribution in [2.45, 2.75) is 47.5 Å². The average Bonchev–Trinajstić information content (AvgIpc) is 2.24. The van der Waals surface area contributed by atoms with Crippen molar-refractivity contribution < 1.29 is 25.2 Å². The molecule has 1 N–H and O–H groups in total. The molecule has 0 fully saturated rings. The fourth-order valence-electron chi connectivity index (χ4n) is 0.854. The van der Waals surface area contributed by atoms with E-state index in [2.05, 4.69) is 11.4 Å². The Morgan fingerprint density at radius 2 is 1.71 bits per heavy atom. The summed E-state index contributed by atoms with van der Waals surface area (Å²) in [6.45, 7) is 9.51. The first-order valence-electron chi connectivity index (χ1n) is 5.34. The van der Waals surface area contributed by atoms with Crippen molar-refractivity contribution in [3.8, 4) is 0 Å². The maximum absolute atomic E-state index is 10.5. The van der Waals surface area contributed by atoms with Gasteiger partial charge in [-0.3, -0.25) is 4.79 Å². The van der Waals surface area contributed by atoms with Crippen LogP contribution >= 0.6 is 0 Å². The molecule has 0 heterocycles. The Morgan fingerprint density at radius 3 is 2.00 bits per heavy atom. The number of carbonyl (C=O) groups excluding carboxylic acids is 1. The fourth-order valence-corrected chi connectivity index (χ4v) is 0.854. The summed E-state index contributed by atoms with van der Waals surface area (Å²) >= 11 is 0. The van der Waals surface area contributed by atoms with E-state index < -0.39 is 0 Å². The zero-order valence-electron chi connectivity index (χ0n) is 12.3. The van der Waals surface area contributed by atoms with E-state index in [-0.39, 0.29) is 41.2 Å². The normalized spacial score (nSPS) is 10.3. The van der Waals surface area contributed by atoms with Gasteiger partial charge in [0.05, 0.1) is 0 Å². The van der Waals surface area contributed by atoms with Crippen LogP contribution in [0.25, 0.3) is 0 Å². The largest absolute Gasteiger partial charge is 0.358 e. The molecule has 108 valence electrons. The first-order valence-corrected chi connectivity index (χ1v) is 5.34. The van der Waals surface area contributed by atoms with Gasteiger partial charge in [-0.15, -0.1) is 0 Å². The number of hydrogen-bond donors (Lipinski definition) is 1. The predicted molar refractivity (Wildman–Crippen MR) is 74.5 cm³/mol. The average molecular weight is 333 g/mol. The van der Waals surface area contributed by atoms with Gasteiger partial charge in [-0.05, 0) is 6.42 Å². The van der Waals surface area contributed by atoms with Gasteiger partial charge in [0, 0.05) is 27.3 Å². The van der Waals surface area contributed by atoms with E-state index in [4.69, 9.17) is 0 Å². The van der Waals surface area contributed by atoms with Gasteiger partial charge in [0.25, 0.3) is 0 Å². The maximum Gasteiger partial charge on any atom is 0.219 e. The number of hydrogen-bond acceptors (Lipinski definition) is 1. The Morgan fingerprint density at radius 1 is 1.24 bits per heavy atom. The minimum absolute atomic E-state index is 0. The zero-order chi connectivity index (χ0) is 11.4. The summed E-state index contributed by atoms with van der Waals surface area (Å²) in [6, 6.07) is 0. The Labute approximate surface area is 123 Å². The molecule has 1 amide bonds. The van der Waals surface area contributed by atoms with Crippen molar-refractivity contribution in [1.29, 1.82) is 0 Å². The molecule has 17 heavy (non-hydrogen) atoms. The third-order valence-electron chi connectivity index (χ3n) is 1.26. The van der Waals surface area contributed by atoms with E-state index in [0.29, 0.717) is 0 Å². The summed E-state index contributed by atoms with van der Waals surface area (Å²) in [6.07, 6.45) is 8.73. The molecule has 1 rings (SSSR count). The maximum atomic E-state index is 10.5. The summed E-state index contributed by atoms with van der Waals surface area (Å²) < 4.78 is 0. The minimum atomic E-state index is -0.0159. The molecule has 1 aliphatic carbocycles. The van der Waals surface area contributed by atoms with Crippen LogP contribution in [0.15, 0.2) is 17.8 Å². The Kier molecular flexibility index (Phi) is 43.7. The number of carbonyl (C=O) groups is 1. The van der Waals surface area contributed by atoms with E-state index in [1.165, 1.54) is 6.92 Å². The van der Waals surface area contributed by atoms with Gasteiger partial charge in [0.15, 0.2) is 0 Å². The van der Waals surface area contributed by atoms with E-state index in [9.17, 15) is 4.79 Å². The molecule has 0 saturated heterocycles. The topological polar surface area (TPSA) is 29.1 Å². The molecule has 0 atom stereocenters. The van der Waals surface area contributed by atoms with Crippen molar-refractivity contribution in [1.82, 2.24) is 5.32 Å². The van der Waals surface area contributed by atoms with Crippen LogP contribution in [0.4, 0.5) is 0 Å². The molecule has 0 aromatic heterocycles. The molecule has 0 spiro atoms. The smallest absolute Gasteiger partial charge is 0.219 e. The van der Waals surface area contributed by atoms with Crippen LogP contribution in [0.2, 0.25) is 0 Å². The van der Waals surface area contributed by atoms with Gasteiger partial charge in [0.2, 0.25) is 5.91 Å². The molecule has 0 unspecified atom stereocenters. The fraction of sp³-hybridized carbons (Fsp3) is 0.500. The molecule has 3 heteroatoms. The summed E-state index contributed by atoms with van der Waals surface area (Å²) in [4.78, 5) is 10.5. The van der Waals surface area contributed by atoms with Gasteiger partial charge in [-0.25, -0.2) is 18.2 Å². The predicted octanol–water partition coefficient (Wildman–Crippen LogP) is 4.11. The molecule has 2 nitrogen and oxygen atoms in total. The van der Waals surface area contributed by atoms with Crippen molar-refractivity contribution in [2.75, 3.05) is 0 Å². The van der Waals surface area contributed by atoms with Crippen molar-refractivity contribution in [2.24, 2.45) is 0 Å². The van der Waals surface area contributed by atoms with E-state index in [0.717, 1.165) is 18.5 Å². The Bertz CT molecular complexity index is 198. The van der Waals surface area contributed by atoms with Crippen molar-refractivity contribution in [3.63, 3.8) is 0 Å². The second-order valence-corrected chi connectivity index (χ2v) is 2.25. The number of nitrogens with one attached hydrogen (secondary N) is 1. The third kappa shape index (κ3) is 21.5. The molecule has 0 aromatic rings. The molecular formula is C14H28NOPd-3. The van der Waals surface area contributed by atoms with Crippen molar-refractivity contribution in [3.05, 3.63) is 38.8 Å². The summed E-state index contributed by atoms with van der Waals surface area (Å²) in [7, 11) is 0. The van der Waals surface area contributed by atoms with Crippen LogP contribution in [0.1, 0.15) is 47.5 Å². The molecule has 0 aliphatic heterocycles. The van der Waals surface area contributed by atoms with E-state index in [1.807, 2.05) is 39.8 Å². The molecule has 0 bridgehead atoms. The quantitative estimate of drug-likeness (QED) is 0.568. The van der Waals surface area contributed by atoms with Crippen molar-refractivity contribution >= 4 is 5.91 Å². The third-order valence-corrected chi connectivity index (χ3v) is 1.26. The van der Waals surface area contributed by atoms with Gasteiger partial charge >= 0.3 is 0 Å². The Balaban J connectivity index is -0.0000000625. The van der Waals surface area contributed by atoms with Crippen LogP contribution in [-0.4, -0.2) is 5.91 Å². The van der Waals surface area contributed by atoms with Crippen LogP contribution in [0, 0.1) is 20.9 Å². The standard InChI is InChI=1S/C8H10NO.2C2H6.2CH3.Pd/c1-7(10)9-8-5-3-2-4-6-8;2*1-2;;;/h2-3H,4,6H2,1H3,(H,9,10);2*1-2H3;2*1H3;/q-1;;;2*-1;. The molecular weight excluding hydrogens is 305 g/mol. The molecule has 0 radical (unpaired) electrons. The van der Waals surface area contributed by atoms with Gasteiger partial charge in [-0.2, -0.15) is 0 Å². The number of allylic oxidation sites excluding steroid dienone is 4. The Hall–Kier alpha value is -0.388. The van der Waals surface area contributed by atoms with E-state index in [1.54, 1.807) is 0 Å². The van der Waals surface area contributed by atoms with Gasteiger partial charge < -0.3 is 20.2 Å². The minimum Gasteiger partial charge on any atom is -0.358 e. The van der Waals surface area contributed by atoms with Crippen LogP contribution < -0.4 is 5.32 Å². The second kappa shape index (κ2) is 24.7. The van der Waals surface area contributed by atoms with E-state index >= 15 is 0 Å². The summed E-state index contributed by atoms with van der Waals surface area (Å²) in [5, 5.41) is 2.70. The molecule has 1 aliphatic rings. The van der Waals surface area contributed by atoms with Crippen LogP contribution in [0.5, 0.6) is 0 Å². The first-order chi connectivity index (χ1) is 6.79. The number of rotatable bonds is 1. The SMILES string of the molecule is CC.CC.CC(=O)NC1=[C-]C=CCC1.[CH3-].[CH3-].[Pd]. The van der Waals surface area contributed by atoms with Crippen LogP contribution in [-0.2, 0) is 25.2 Å². The number of amides is 1. The zero-order valence-corrected chi connectivity index (χ0v) is 13.8. The second-order valence-electron chi connectivity index (χ2n) is 2.25. The summed E-state index contributed by atoms with van der Waals surface area (Å²) in [5.41, 5.74) is 0.898. The first kappa shape index (κ1) is 30.0. The van der Waals surface area contributed by atoms with Gasteiger partial charge in [0.1, 0.15) is 0 Å².